The van der Waals surface area contributed by atoms with Crippen LogP contribution >= 0.6 is 0 Å². The fourth-order valence-corrected chi connectivity index (χ4v) is 3.61. The van der Waals surface area contributed by atoms with Gasteiger partial charge in [0.05, 0.1) is 26.3 Å². The number of amides is 2. The predicted molar refractivity (Wildman–Crippen MR) is 93.0 cm³/mol. The van der Waals surface area contributed by atoms with Gasteiger partial charge in [0.25, 0.3) is 0 Å². The number of nitrogens with zero attached hydrogens (tertiary/aromatic N) is 2. The molecule has 1 N–H and O–H groups in total. The number of aryl methyl sites for hydroxylation is 1. The van der Waals surface area contributed by atoms with E-state index in [2.05, 4.69) is 0 Å². The molecule has 6 nitrogen and oxygen atoms in total. The molecular weight excluding hydrogens is 320 g/mol. The Morgan fingerprint density at radius 2 is 2.12 bits per heavy atom. The molecule has 2 aliphatic heterocycles. The fraction of sp³-hybridized carbons (Fsp3) is 0.579. The average Bonchev–Trinajstić information content (AvgIpc) is 3.02. The molecule has 0 spiro atoms. The first-order valence-corrected chi connectivity index (χ1v) is 8.88. The maximum absolute atomic E-state index is 12.6. The SMILES string of the molecule is Cc1ccccc1CC1(CO)CN(C(=O)CN2CCCC2=O)CCO1. The molecule has 25 heavy (non-hydrogen) atoms. The maximum atomic E-state index is 12.6. The lowest BCUT2D eigenvalue weighted by Gasteiger charge is -2.42. The van der Waals surface area contributed by atoms with Gasteiger partial charge in [-0.2, -0.15) is 0 Å². The van der Waals surface area contributed by atoms with Gasteiger partial charge in [0.2, 0.25) is 11.8 Å². The number of likely N-dealkylation sites (tertiary alicyclic amines) is 1. The Kier molecular flexibility index (Phi) is 5.39. The summed E-state index contributed by atoms with van der Waals surface area (Å²) in [6.07, 6.45) is 1.91. The summed E-state index contributed by atoms with van der Waals surface area (Å²) in [6.45, 7) is 3.91. The van der Waals surface area contributed by atoms with Crippen molar-refractivity contribution in [1.82, 2.24) is 9.80 Å². The predicted octanol–water partition coefficient (Wildman–Crippen LogP) is 0.750. The summed E-state index contributed by atoms with van der Waals surface area (Å²) in [5.41, 5.74) is 1.47. The van der Waals surface area contributed by atoms with Crippen LogP contribution in [-0.4, -0.2) is 71.7 Å². The molecular formula is C19H26N2O4. The highest BCUT2D eigenvalue weighted by Gasteiger charge is 2.39. The number of aliphatic hydroxyl groups is 1. The minimum Gasteiger partial charge on any atom is -0.393 e. The van der Waals surface area contributed by atoms with Crippen LogP contribution in [0.3, 0.4) is 0 Å². The highest BCUT2D eigenvalue weighted by molar-refractivity contribution is 5.86. The van der Waals surface area contributed by atoms with Crippen LogP contribution in [0.4, 0.5) is 0 Å². The molecule has 1 aromatic rings. The lowest BCUT2D eigenvalue weighted by molar-refractivity contribution is -0.159. The smallest absolute Gasteiger partial charge is 0.242 e. The molecule has 2 aliphatic rings. The number of benzene rings is 1. The molecule has 0 aromatic heterocycles. The zero-order valence-corrected chi connectivity index (χ0v) is 14.7. The molecule has 2 fully saturated rings. The third-order valence-corrected chi connectivity index (χ3v) is 5.16. The minimum absolute atomic E-state index is 0.0509. The first kappa shape index (κ1) is 17.9. The van der Waals surface area contributed by atoms with Crippen LogP contribution in [0.1, 0.15) is 24.0 Å². The lowest BCUT2D eigenvalue weighted by Crippen LogP contribution is -2.58. The molecule has 0 saturated carbocycles. The number of hydrogen-bond acceptors (Lipinski definition) is 4. The van der Waals surface area contributed by atoms with Gasteiger partial charge >= 0.3 is 0 Å². The Morgan fingerprint density at radius 1 is 1.32 bits per heavy atom. The van der Waals surface area contributed by atoms with E-state index in [4.69, 9.17) is 4.74 Å². The summed E-state index contributed by atoms with van der Waals surface area (Å²) in [5.74, 6) is -0.0175. The van der Waals surface area contributed by atoms with Crippen LogP contribution in [0.2, 0.25) is 0 Å². The number of morpholine rings is 1. The van der Waals surface area contributed by atoms with Crippen LogP contribution in [0.15, 0.2) is 24.3 Å². The van der Waals surface area contributed by atoms with Gasteiger partial charge in [0.15, 0.2) is 0 Å². The van der Waals surface area contributed by atoms with E-state index in [0.717, 1.165) is 17.5 Å². The molecule has 136 valence electrons. The van der Waals surface area contributed by atoms with Crippen molar-refractivity contribution in [2.75, 3.05) is 39.4 Å². The number of carbonyl (C=O) groups is 2. The van der Waals surface area contributed by atoms with Gasteiger partial charge in [0.1, 0.15) is 5.60 Å². The fourth-order valence-electron chi connectivity index (χ4n) is 3.61. The van der Waals surface area contributed by atoms with Crippen LogP contribution < -0.4 is 0 Å². The third-order valence-electron chi connectivity index (χ3n) is 5.16. The van der Waals surface area contributed by atoms with Crippen molar-refractivity contribution in [2.45, 2.75) is 31.8 Å². The van der Waals surface area contributed by atoms with Crippen molar-refractivity contribution in [1.29, 1.82) is 0 Å². The van der Waals surface area contributed by atoms with E-state index in [1.165, 1.54) is 0 Å². The standard InChI is InChI=1S/C19H26N2O4/c1-15-5-2-3-6-16(15)11-19(14-22)13-21(9-10-25-19)18(24)12-20-8-4-7-17(20)23/h2-3,5-6,22H,4,7-14H2,1H3. The monoisotopic (exact) mass is 346 g/mol. The van der Waals surface area contributed by atoms with E-state index in [1.807, 2.05) is 31.2 Å². The van der Waals surface area contributed by atoms with Crippen LogP contribution in [0.5, 0.6) is 0 Å². The molecule has 1 unspecified atom stereocenters. The number of ether oxygens (including phenoxy) is 1. The Labute approximate surface area is 148 Å². The van der Waals surface area contributed by atoms with Gasteiger partial charge in [-0.25, -0.2) is 0 Å². The summed E-state index contributed by atoms with van der Waals surface area (Å²) in [4.78, 5) is 27.7. The highest BCUT2D eigenvalue weighted by atomic mass is 16.5. The zero-order chi connectivity index (χ0) is 17.9. The summed E-state index contributed by atoms with van der Waals surface area (Å²) in [7, 11) is 0. The van der Waals surface area contributed by atoms with Crippen LogP contribution in [0.25, 0.3) is 0 Å². The van der Waals surface area contributed by atoms with Gasteiger partial charge < -0.3 is 19.6 Å². The molecule has 0 bridgehead atoms. The van der Waals surface area contributed by atoms with Gasteiger partial charge in [-0.1, -0.05) is 24.3 Å². The second kappa shape index (κ2) is 7.54. The number of hydrogen-bond donors (Lipinski definition) is 1. The minimum atomic E-state index is -0.783. The molecule has 6 heteroatoms. The van der Waals surface area contributed by atoms with Crippen molar-refractivity contribution in [3.63, 3.8) is 0 Å². The molecule has 3 rings (SSSR count). The Bertz CT molecular complexity index is 648. The number of carbonyl (C=O) groups excluding carboxylic acids is 2. The second-order valence-corrected chi connectivity index (χ2v) is 7.03. The van der Waals surface area contributed by atoms with Crippen molar-refractivity contribution < 1.29 is 19.4 Å². The van der Waals surface area contributed by atoms with Crippen LogP contribution in [-0.2, 0) is 20.7 Å². The lowest BCUT2D eigenvalue weighted by atomic mass is 9.91. The molecule has 0 radical (unpaired) electrons. The van der Waals surface area contributed by atoms with Crippen molar-refractivity contribution in [3.05, 3.63) is 35.4 Å². The summed E-state index contributed by atoms with van der Waals surface area (Å²) >= 11 is 0. The van der Waals surface area contributed by atoms with E-state index in [9.17, 15) is 14.7 Å². The molecule has 0 aliphatic carbocycles. The van der Waals surface area contributed by atoms with Crippen molar-refractivity contribution in [2.24, 2.45) is 0 Å². The van der Waals surface area contributed by atoms with E-state index >= 15 is 0 Å². The van der Waals surface area contributed by atoms with Gasteiger partial charge in [-0.3, -0.25) is 9.59 Å². The third kappa shape index (κ3) is 4.02. The highest BCUT2D eigenvalue weighted by Crippen LogP contribution is 2.25. The van der Waals surface area contributed by atoms with Gasteiger partial charge in [-0.15, -0.1) is 0 Å². The van der Waals surface area contributed by atoms with Crippen molar-refractivity contribution >= 4 is 11.8 Å². The van der Waals surface area contributed by atoms with E-state index in [-0.39, 0.29) is 25.0 Å². The summed E-state index contributed by atoms with van der Waals surface area (Å²) in [5, 5.41) is 9.99. The second-order valence-electron chi connectivity index (χ2n) is 7.03. The molecule has 1 aromatic carbocycles. The summed E-state index contributed by atoms with van der Waals surface area (Å²) in [6, 6.07) is 8.01. The molecule has 2 amide bonds. The van der Waals surface area contributed by atoms with E-state index in [1.54, 1.807) is 9.80 Å². The largest absolute Gasteiger partial charge is 0.393 e. The Hall–Kier alpha value is -1.92. The number of rotatable bonds is 5. The normalized spacial score (nSPS) is 24.0. The Morgan fingerprint density at radius 3 is 2.80 bits per heavy atom. The quantitative estimate of drug-likeness (QED) is 0.854. The molecule has 2 heterocycles. The molecule has 1 atom stereocenters. The zero-order valence-electron chi connectivity index (χ0n) is 14.7. The van der Waals surface area contributed by atoms with E-state index in [0.29, 0.717) is 39.1 Å². The van der Waals surface area contributed by atoms with E-state index < -0.39 is 5.60 Å². The number of aliphatic hydroxyl groups excluding tert-OH is 1. The average molecular weight is 346 g/mol. The topological polar surface area (TPSA) is 70.1 Å². The Balaban J connectivity index is 1.68. The van der Waals surface area contributed by atoms with Gasteiger partial charge in [-0.05, 0) is 24.5 Å². The maximum Gasteiger partial charge on any atom is 0.242 e. The first-order valence-electron chi connectivity index (χ1n) is 8.88. The first-order chi connectivity index (χ1) is 12.0. The van der Waals surface area contributed by atoms with Crippen LogP contribution in [0, 0.1) is 6.92 Å². The summed E-state index contributed by atoms with van der Waals surface area (Å²) < 4.78 is 5.92. The van der Waals surface area contributed by atoms with Crippen molar-refractivity contribution in [3.8, 4) is 0 Å². The molecule has 2 saturated heterocycles. The van der Waals surface area contributed by atoms with Gasteiger partial charge in [0, 0.05) is 25.9 Å².